The molecule has 5 rings (SSSR count). The van der Waals surface area contributed by atoms with Gasteiger partial charge in [0.1, 0.15) is 18.2 Å². The predicted molar refractivity (Wildman–Crippen MR) is 135 cm³/mol. The molecule has 0 saturated heterocycles. The first kappa shape index (κ1) is 17.6. The van der Waals surface area contributed by atoms with Crippen molar-refractivity contribution in [1.29, 1.82) is 0 Å². The van der Waals surface area contributed by atoms with Gasteiger partial charge in [0.05, 0.1) is 13.5 Å². The molecule has 2 heterocycles. The van der Waals surface area contributed by atoms with E-state index < -0.39 is 6.37 Å². The van der Waals surface area contributed by atoms with Crippen molar-refractivity contribution < 1.29 is 13.1 Å². The first-order chi connectivity index (χ1) is 17.1. The normalized spacial score (nSPS) is 13.2. The van der Waals surface area contributed by atoms with Crippen molar-refractivity contribution in [1.82, 2.24) is 0 Å². The van der Waals surface area contributed by atoms with E-state index in [0.717, 1.165) is 38.7 Å². The van der Waals surface area contributed by atoms with Crippen molar-refractivity contribution in [3.8, 4) is 22.4 Å². The zero-order chi connectivity index (χ0) is 25.8. The fourth-order valence-electron chi connectivity index (χ4n) is 4.47. The topological polar surface area (TPSA) is 21.4 Å². The molecule has 0 atom stereocenters. The number of pyridine rings is 1. The van der Waals surface area contributed by atoms with Crippen molar-refractivity contribution in [2.24, 2.45) is 13.0 Å². The average Bonchev–Trinajstić information content (AvgIpc) is 3.23. The molecule has 0 spiro atoms. The van der Waals surface area contributed by atoms with Gasteiger partial charge in [-0.3, -0.25) is 0 Å². The highest BCUT2D eigenvalue weighted by atomic mass is 16.3. The van der Waals surface area contributed by atoms with E-state index in [-0.39, 0.29) is 12.0 Å². The summed E-state index contributed by atoms with van der Waals surface area (Å²) >= 11 is 0. The van der Waals surface area contributed by atoms with Crippen LogP contribution in [0.3, 0.4) is 0 Å². The second kappa shape index (κ2) is 8.22. The van der Waals surface area contributed by atoms with Crippen LogP contribution in [0, 0.1) is 19.4 Å². The molecule has 3 nitrogen and oxygen atoms in total. The second-order valence-corrected chi connectivity index (χ2v) is 8.68. The van der Waals surface area contributed by atoms with Crippen LogP contribution in [0.15, 0.2) is 77.3 Å². The Labute approximate surface area is 199 Å². The standard InChI is InChI=1S/C30H27N2O/c1-19(2)17-21-12-16-26(32(5)18-21)27-20(3)11-13-23-24-14-15-25(31-4)28(30(24)33-29(23)27)22-9-7-6-8-10-22/h6-16,18-19H,17H2,1-3,5H3/q+1/i12D,17D2. The third-order valence-electron chi connectivity index (χ3n) is 5.95. The Hall–Kier alpha value is -3.90. The summed E-state index contributed by atoms with van der Waals surface area (Å²) < 4.78 is 34.2. The third-order valence-corrected chi connectivity index (χ3v) is 5.95. The molecule has 0 radical (unpaired) electrons. The summed E-state index contributed by atoms with van der Waals surface area (Å²) in [5.74, 6) is -0.263. The van der Waals surface area contributed by atoms with Gasteiger partial charge in [0, 0.05) is 30.7 Å². The Kier molecular flexibility index (Phi) is 4.39. The molecular weight excluding hydrogens is 404 g/mol. The summed E-state index contributed by atoms with van der Waals surface area (Å²) in [5.41, 5.74) is 6.58. The van der Waals surface area contributed by atoms with Gasteiger partial charge in [0.15, 0.2) is 11.9 Å². The van der Waals surface area contributed by atoms with Crippen LogP contribution in [-0.4, -0.2) is 0 Å². The number of aryl methyl sites for hydroxylation is 2. The number of nitrogens with zero attached hydrogens (tertiary/aromatic N) is 2. The van der Waals surface area contributed by atoms with Crippen molar-refractivity contribution in [2.45, 2.75) is 27.1 Å². The molecule has 5 aromatic rings. The quantitative estimate of drug-likeness (QED) is 0.209. The molecule has 2 aromatic heterocycles. The maximum Gasteiger partial charge on any atom is 0.216 e. The smallest absolute Gasteiger partial charge is 0.216 e. The van der Waals surface area contributed by atoms with Crippen LogP contribution in [-0.2, 0) is 13.4 Å². The maximum absolute atomic E-state index is 8.67. The molecule has 162 valence electrons. The fourth-order valence-corrected chi connectivity index (χ4v) is 4.47. The highest BCUT2D eigenvalue weighted by molar-refractivity contribution is 6.15. The van der Waals surface area contributed by atoms with Gasteiger partial charge in [-0.2, -0.15) is 0 Å². The number of benzene rings is 3. The Morgan fingerprint density at radius 3 is 2.39 bits per heavy atom. The van der Waals surface area contributed by atoms with Crippen LogP contribution in [0.1, 0.15) is 29.1 Å². The largest absolute Gasteiger partial charge is 0.456 e. The number of furan rings is 1. The molecule has 3 heteroatoms. The fraction of sp³-hybridized carbons (Fsp3) is 0.200. The van der Waals surface area contributed by atoms with Gasteiger partial charge in [-0.15, -0.1) is 0 Å². The van der Waals surface area contributed by atoms with Gasteiger partial charge in [0.25, 0.3) is 0 Å². The van der Waals surface area contributed by atoms with E-state index in [1.165, 1.54) is 0 Å². The Bertz CT molecular complexity index is 1680. The predicted octanol–water partition coefficient (Wildman–Crippen LogP) is 7.80. The molecule has 0 N–H and O–H groups in total. The first-order valence-electron chi connectivity index (χ1n) is 12.6. The molecule has 0 amide bonds. The molecule has 0 fully saturated rings. The lowest BCUT2D eigenvalue weighted by Crippen LogP contribution is -2.31. The number of hydrogen-bond donors (Lipinski definition) is 0. The Morgan fingerprint density at radius 2 is 1.70 bits per heavy atom. The van der Waals surface area contributed by atoms with Gasteiger partial charge in [0.2, 0.25) is 5.69 Å². The van der Waals surface area contributed by atoms with Crippen LogP contribution >= 0.6 is 0 Å². The summed E-state index contributed by atoms with van der Waals surface area (Å²) in [6.07, 6.45) is 0.111. The minimum Gasteiger partial charge on any atom is -0.456 e. The summed E-state index contributed by atoms with van der Waals surface area (Å²) in [6, 6.07) is 19.6. The number of rotatable bonds is 4. The zero-order valence-corrected chi connectivity index (χ0v) is 19.2. The highest BCUT2D eigenvalue weighted by Gasteiger charge is 2.23. The van der Waals surface area contributed by atoms with Crippen molar-refractivity contribution in [3.05, 3.63) is 95.4 Å². The van der Waals surface area contributed by atoms with E-state index in [1.54, 1.807) is 12.3 Å². The minimum absolute atomic E-state index is 0.162. The monoisotopic (exact) mass is 434 g/mol. The molecule has 0 saturated carbocycles. The first-order valence-corrected chi connectivity index (χ1v) is 11.1. The van der Waals surface area contributed by atoms with Crippen LogP contribution in [0.4, 0.5) is 5.69 Å². The van der Waals surface area contributed by atoms with Crippen molar-refractivity contribution in [3.63, 3.8) is 0 Å². The minimum atomic E-state index is -1.62. The number of fused-ring (bicyclic) bond motifs is 3. The lowest BCUT2D eigenvalue weighted by molar-refractivity contribution is -0.660. The van der Waals surface area contributed by atoms with E-state index >= 15 is 0 Å². The molecule has 0 aliphatic carbocycles. The van der Waals surface area contributed by atoms with Gasteiger partial charge in [-0.1, -0.05) is 68.4 Å². The zero-order valence-electron chi connectivity index (χ0n) is 22.2. The van der Waals surface area contributed by atoms with E-state index in [1.807, 2.05) is 87.0 Å². The molecule has 0 bridgehead atoms. The van der Waals surface area contributed by atoms with Gasteiger partial charge >= 0.3 is 0 Å². The van der Waals surface area contributed by atoms with E-state index in [2.05, 4.69) is 4.85 Å². The second-order valence-electron chi connectivity index (χ2n) is 8.68. The molecule has 0 aliphatic rings. The third kappa shape index (κ3) is 3.58. The molecule has 3 aromatic carbocycles. The molecular formula is C30H27N2O+. The summed E-state index contributed by atoms with van der Waals surface area (Å²) in [5, 5.41) is 1.87. The number of hydrogen-bond acceptors (Lipinski definition) is 1. The van der Waals surface area contributed by atoms with Crippen molar-refractivity contribution >= 4 is 27.6 Å². The van der Waals surface area contributed by atoms with E-state index in [4.69, 9.17) is 15.1 Å². The van der Waals surface area contributed by atoms with Crippen LogP contribution in [0.25, 0.3) is 49.2 Å². The summed E-state index contributed by atoms with van der Waals surface area (Å²) in [6.45, 7) is 13.4. The highest BCUT2D eigenvalue weighted by Crippen LogP contribution is 2.44. The lowest BCUT2D eigenvalue weighted by atomic mass is 9.97. The van der Waals surface area contributed by atoms with E-state index in [9.17, 15) is 0 Å². The van der Waals surface area contributed by atoms with Crippen molar-refractivity contribution in [2.75, 3.05) is 0 Å². The van der Waals surface area contributed by atoms with Gasteiger partial charge in [-0.25, -0.2) is 9.41 Å². The molecule has 0 aliphatic heterocycles. The van der Waals surface area contributed by atoms with Crippen LogP contribution in [0.2, 0.25) is 0 Å². The average molecular weight is 435 g/mol. The number of aromatic nitrogens is 1. The molecule has 0 unspecified atom stereocenters. The van der Waals surface area contributed by atoms with Crippen LogP contribution < -0.4 is 4.57 Å². The van der Waals surface area contributed by atoms with Crippen LogP contribution in [0.5, 0.6) is 0 Å². The molecule has 33 heavy (non-hydrogen) atoms. The van der Waals surface area contributed by atoms with E-state index in [0.29, 0.717) is 22.4 Å². The SMILES string of the molecule is [2H]c1cc(-c2c(C)ccc3c2oc2c(-c4ccccc4)c([N+]#[C-])ccc23)[n+](C)cc1C([2H])([2H])C(C)C. The van der Waals surface area contributed by atoms with Gasteiger partial charge in [-0.05, 0) is 36.4 Å². The van der Waals surface area contributed by atoms with Gasteiger partial charge < -0.3 is 4.42 Å². The Morgan fingerprint density at radius 1 is 1.00 bits per heavy atom. The summed E-state index contributed by atoms with van der Waals surface area (Å²) in [7, 11) is 1.88. The summed E-state index contributed by atoms with van der Waals surface area (Å²) in [4.78, 5) is 3.76. The lowest BCUT2D eigenvalue weighted by Gasteiger charge is -2.08. The Balaban J connectivity index is 1.83. The maximum atomic E-state index is 8.67.